The van der Waals surface area contributed by atoms with Gasteiger partial charge in [0.05, 0.1) is 4.16 Å². The Balaban J connectivity index is 2.63. The number of halogens is 1. The minimum Gasteiger partial charge on any atom is -0.0779 e. The molecule has 6 heavy (non-hydrogen) atoms. The van der Waals surface area contributed by atoms with Gasteiger partial charge in [0.1, 0.15) is 0 Å². The van der Waals surface area contributed by atoms with Crippen LogP contribution in [0.4, 0.5) is 0 Å². The lowest BCUT2D eigenvalue weighted by atomic mass is 10.4. The highest BCUT2D eigenvalue weighted by Gasteiger charge is 1.90. The van der Waals surface area contributed by atoms with Gasteiger partial charge < -0.3 is 0 Å². The zero-order chi connectivity index (χ0) is 4.99. The molecule has 0 aliphatic carbocycles. The van der Waals surface area contributed by atoms with E-state index in [9.17, 15) is 0 Å². The fourth-order valence-electron chi connectivity index (χ4n) is 0.227. The van der Waals surface area contributed by atoms with E-state index in [1.165, 1.54) is 6.42 Å². The Morgan fingerprint density at radius 1 is 1.83 bits per heavy atom. The van der Waals surface area contributed by atoms with Crippen molar-refractivity contribution >= 4 is 28.6 Å². The highest BCUT2D eigenvalue weighted by molar-refractivity contribution is 9.11. The van der Waals surface area contributed by atoms with Crippen molar-refractivity contribution in [3.8, 4) is 0 Å². The molecule has 0 aliphatic rings. The maximum atomic E-state index is 4.79. The summed E-state index contributed by atoms with van der Waals surface area (Å²) in [6, 6.07) is 0. The predicted octanol–water partition coefficient (Wildman–Crippen LogP) is 2.71. The van der Waals surface area contributed by atoms with E-state index >= 15 is 0 Å². The normalized spacial score (nSPS) is 14.5. The van der Waals surface area contributed by atoms with Gasteiger partial charge in [-0.25, -0.2) is 0 Å². The average Bonchev–Trinajstić information content (AvgIpc) is 1.35. The summed E-state index contributed by atoms with van der Waals surface area (Å²) < 4.78 is 0.294. The van der Waals surface area contributed by atoms with Crippen molar-refractivity contribution in [2.75, 3.05) is 0 Å². The third-order valence-electron chi connectivity index (χ3n) is 0.516. The van der Waals surface area contributed by atoms with E-state index in [1.54, 1.807) is 0 Å². The van der Waals surface area contributed by atoms with Crippen LogP contribution in [0.1, 0.15) is 19.8 Å². The minimum atomic E-state index is 0.294. The molecule has 0 amide bonds. The molecule has 0 aromatic heterocycles. The molecular weight excluding hydrogens is 160 g/mol. The molecule has 1 unspecified atom stereocenters. The van der Waals surface area contributed by atoms with E-state index in [2.05, 4.69) is 22.9 Å². The van der Waals surface area contributed by atoms with E-state index < -0.39 is 0 Å². The van der Waals surface area contributed by atoms with Crippen molar-refractivity contribution in [2.24, 2.45) is 0 Å². The fraction of sp³-hybridized carbons (Fsp3) is 1.00. The molecule has 0 nitrogen and oxygen atoms in total. The molecule has 0 spiro atoms. The van der Waals surface area contributed by atoms with Gasteiger partial charge in [-0.15, -0.1) is 0 Å². The lowest BCUT2D eigenvalue weighted by molar-refractivity contribution is 0.879. The van der Waals surface area contributed by atoms with Crippen molar-refractivity contribution in [1.29, 1.82) is 0 Å². The zero-order valence-electron chi connectivity index (χ0n) is 3.78. The molecule has 0 rings (SSSR count). The average molecular weight is 168 g/mol. The first kappa shape index (κ1) is 6.83. The Kier molecular flexibility index (Phi) is 4.56. The van der Waals surface area contributed by atoms with Crippen molar-refractivity contribution in [1.82, 2.24) is 0 Å². The minimum absolute atomic E-state index is 0.294. The molecule has 0 fully saturated rings. The second-order valence-corrected chi connectivity index (χ2v) is 3.48. The highest BCUT2D eigenvalue weighted by atomic mass is 79.9. The second kappa shape index (κ2) is 4.00. The summed E-state index contributed by atoms with van der Waals surface area (Å²) in [6.45, 7) is 2.13. The van der Waals surface area contributed by atoms with Crippen molar-refractivity contribution in [3.05, 3.63) is 0 Å². The molecule has 0 saturated carbocycles. The Morgan fingerprint density at radius 3 is 2.33 bits per heavy atom. The first-order valence-corrected chi connectivity index (χ1v) is 3.46. The van der Waals surface area contributed by atoms with Crippen LogP contribution in [0.3, 0.4) is 0 Å². The third-order valence-corrected chi connectivity index (χ3v) is 1.21. The van der Waals surface area contributed by atoms with E-state index in [0.29, 0.717) is 4.16 Å². The maximum Gasteiger partial charge on any atom is 0.0704 e. The van der Waals surface area contributed by atoms with Crippen LogP contribution >= 0.6 is 28.6 Å². The summed E-state index contributed by atoms with van der Waals surface area (Å²) in [7, 11) is 0. The standard InChI is InChI=1S/C4H8BrS/c1-2-3-4(5)6/h4H,2-3H2,1H3. The SMILES string of the molecule is CCCC([S])Br. The van der Waals surface area contributed by atoms with Gasteiger partial charge in [0, 0.05) is 0 Å². The van der Waals surface area contributed by atoms with Crippen LogP contribution in [0.5, 0.6) is 0 Å². The van der Waals surface area contributed by atoms with Gasteiger partial charge in [0.2, 0.25) is 0 Å². The Labute approximate surface area is 52.9 Å². The van der Waals surface area contributed by atoms with Gasteiger partial charge in [-0.3, -0.25) is 0 Å². The van der Waals surface area contributed by atoms with Gasteiger partial charge in [-0.2, -0.15) is 0 Å². The van der Waals surface area contributed by atoms with Gasteiger partial charge in [-0.05, 0) is 6.42 Å². The van der Waals surface area contributed by atoms with Crippen molar-refractivity contribution in [3.63, 3.8) is 0 Å². The van der Waals surface area contributed by atoms with Crippen LogP contribution < -0.4 is 0 Å². The predicted molar refractivity (Wildman–Crippen MR) is 35.2 cm³/mol. The number of hydrogen-bond donors (Lipinski definition) is 0. The molecule has 0 N–H and O–H groups in total. The van der Waals surface area contributed by atoms with Crippen LogP contribution in [-0.2, 0) is 0 Å². The van der Waals surface area contributed by atoms with Crippen LogP contribution in [0, 0.1) is 0 Å². The first-order valence-electron chi connectivity index (χ1n) is 2.07. The van der Waals surface area contributed by atoms with E-state index in [4.69, 9.17) is 12.6 Å². The van der Waals surface area contributed by atoms with Crippen LogP contribution in [0.25, 0.3) is 0 Å². The molecule has 0 aromatic rings. The monoisotopic (exact) mass is 167 g/mol. The Hall–Kier alpha value is 0.830. The first-order chi connectivity index (χ1) is 2.77. The van der Waals surface area contributed by atoms with Crippen LogP contribution in [-0.4, -0.2) is 4.16 Å². The molecular formula is C4H8BrS. The van der Waals surface area contributed by atoms with E-state index in [1.807, 2.05) is 0 Å². The van der Waals surface area contributed by atoms with Gasteiger partial charge >= 0.3 is 0 Å². The van der Waals surface area contributed by atoms with Crippen molar-refractivity contribution in [2.45, 2.75) is 23.9 Å². The van der Waals surface area contributed by atoms with Crippen molar-refractivity contribution < 1.29 is 0 Å². The topological polar surface area (TPSA) is 0 Å². The Morgan fingerprint density at radius 2 is 2.33 bits per heavy atom. The fourth-order valence-corrected chi connectivity index (χ4v) is 0.921. The number of rotatable bonds is 2. The number of hydrogen-bond acceptors (Lipinski definition) is 0. The van der Waals surface area contributed by atoms with Gasteiger partial charge in [0.25, 0.3) is 0 Å². The van der Waals surface area contributed by atoms with E-state index in [0.717, 1.165) is 6.42 Å². The summed E-state index contributed by atoms with van der Waals surface area (Å²) in [5.41, 5.74) is 0. The summed E-state index contributed by atoms with van der Waals surface area (Å²) in [6.07, 6.45) is 2.29. The molecule has 0 saturated heterocycles. The molecule has 1 radical (unpaired) electrons. The maximum absolute atomic E-state index is 4.79. The molecule has 0 aliphatic heterocycles. The molecule has 0 aromatic carbocycles. The quantitative estimate of drug-likeness (QED) is 0.556. The molecule has 0 heterocycles. The molecule has 0 bridgehead atoms. The highest BCUT2D eigenvalue weighted by Crippen LogP contribution is 2.09. The zero-order valence-corrected chi connectivity index (χ0v) is 6.18. The van der Waals surface area contributed by atoms with Crippen LogP contribution in [0.2, 0.25) is 0 Å². The summed E-state index contributed by atoms with van der Waals surface area (Å²) in [4.78, 5) is 0. The smallest absolute Gasteiger partial charge is 0.0704 e. The molecule has 1 atom stereocenters. The summed E-state index contributed by atoms with van der Waals surface area (Å²) >= 11 is 8.04. The third kappa shape index (κ3) is 4.83. The summed E-state index contributed by atoms with van der Waals surface area (Å²) in [5, 5.41) is 0. The second-order valence-electron chi connectivity index (χ2n) is 1.20. The lowest BCUT2D eigenvalue weighted by Crippen LogP contribution is -1.80. The van der Waals surface area contributed by atoms with Crippen LogP contribution in [0.15, 0.2) is 0 Å². The Bertz CT molecular complexity index is 28.7. The molecule has 2 heteroatoms. The largest absolute Gasteiger partial charge is 0.0779 e. The van der Waals surface area contributed by atoms with Gasteiger partial charge in [0.15, 0.2) is 0 Å². The lowest BCUT2D eigenvalue weighted by Gasteiger charge is -1.91. The van der Waals surface area contributed by atoms with E-state index in [-0.39, 0.29) is 0 Å². The molecule has 37 valence electrons. The van der Waals surface area contributed by atoms with Gasteiger partial charge in [-0.1, -0.05) is 41.9 Å². The number of alkyl halides is 1. The summed E-state index contributed by atoms with van der Waals surface area (Å²) in [5.74, 6) is 0.